The van der Waals surface area contributed by atoms with E-state index in [1.54, 1.807) is 24.3 Å². The van der Waals surface area contributed by atoms with Crippen molar-refractivity contribution in [1.29, 1.82) is 0 Å². The summed E-state index contributed by atoms with van der Waals surface area (Å²) in [5.74, 6) is 0. The van der Waals surface area contributed by atoms with Gasteiger partial charge < -0.3 is 5.32 Å². The standard InChI is InChI=1S/C14H9Br2ClF3N/c15-9-1-3-12(17)8(5-9)7-21-13-4-2-10(16)6-11(13)14(18,19)20/h1-6,21H,7H2. The van der Waals surface area contributed by atoms with Crippen LogP contribution in [-0.2, 0) is 12.7 Å². The van der Waals surface area contributed by atoms with Gasteiger partial charge >= 0.3 is 6.18 Å². The molecule has 2 aromatic rings. The van der Waals surface area contributed by atoms with Gasteiger partial charge in [0.25, 0.3) is 0 Å². The predicted octanol–water partition coefficient (Wildman–Crippen LogP) is 6.50. The average Bonchev–Trinajstić information content (AvgIpc) is 2.40. The highest BCUT2D eigenvalue weighted by Crippen LogP contribution is 2.37. The summed E-state index contributed by atoms with van der Waals surface area (Å²) >= 11 is 12.4. The average molecular weight is 443 g/mol. The maximum Gasteiger partial charge on any atom is 0.418 e. The number of halogens is 6. The Hall–Kier alpha value is -0.720. The third kappa shape index (κ3) is 4.37. The second-order valence-corrected chi connectivity index (χ2v) is 6.52. The number of rotatable bonds is 3. The van der Waals surface area contributed by atoms with Crippen LogP contribution >= 0.6 is 43.5 Å². The molecule has 0 atom stereocenters. The van der Waals surface area contributed by atoms with Crippen LogP contribution in [0.5, 0.6) is 0 Å². The highest BCUT2D eigenvalue weighted by atomic mass is 79.9. The zero-order chi connectivity index (χ0) is 15.6. The summed E-state index contributed by atoms with van der Waals surface area (Å²) in [7, 11) is 0. The molecule has 2 rings (SSSR count). The van der Waals surface area contributed by atoms with Crippen LogP contribution in [-0.4, -0.2) is 0 Å². The number of hydrogen-bond donors (Lipinski definition) is 1. The van der Waals surface area contributed by atoms with Gasteiger partial charge in [-0.2, -0.15) is 13.2 Å². The SMILES string of the molecule is FC(F)(F)c1cc(Br)ccc1NCc1cc(Br)ccc1Cl. The smallest absolute Gasteiger partial charge is 0.380 e. The maximum atomic E-state index is 13.0. The molecule has 0 aliphatic rings. The Kier molecular flexibility index (Phi) is 5.22. The lowest BCUT2D eigenvalue weighted by atomic mass is 10.1. The molecular weight excluding hydrogens is 434 g/mol. The van der Waals surface area contributed by atoms with E-state index >= 15 is 0 Å². The molecule has 0 fully saturated rings. The molecule has 0 amide bonds. The van der Waals surface area contributed by atoms with Crippen LogP contribution in [0.2, 0.25) is 5.02 Å². The number of alkyl halides is 3. The lowest BCUT2D eigenvalue weighted by molar-refractivity contribution is -0.137. The first-order valence-electron chi connectivity index (χ1n) is 5.82. The number of anilines is 1. The van der Waals surface area contributed by atoms with Crippen molar-refractivity contribution in [2.75, 3.05) is 5.32 Å². The highest BCUT2D eigenvalue weighted by molar-refractivity contribution is 9.10. The van der Waals surface area contributed by atoms with Crippen molar-refractivity contribution >= 4 is 49.1 Å². The third-order valence-corrected chi connectivity index (χ3v) is 4.12. The van der Waals surface area contributed by atoms with E-state index in [1.165, 1.54) is 6.07 Å². The molecule has 1 N–H and O–H groups in total. The van der Waals surface area contributed by atoms with Crippen LogP contribution in [0.4, 0.5) is 18.9 Å². The molecule has 7 heteroatoms. The fourth-order valence-electron chi connectivity index (χ4n) is 1.77. The van der Waals surface area contributed by atoms with Crippen LogP contribution in [0.3, 0.4) is 0 Å². The van der Waals surface area contributed by atoms with Crippen LogP contribution in [0.15, 0.2) is 45.3 Å². The van der Waals surface area contributed by atoms with E-state index in [0.717, 1.165) is 10.5 Å². The molecule has 0 unspecified atom stereocenters. The lowest BCUT2D eigenvalue weighted by Gasteiger charge is -2.15. The summed E-state index contributed by atoms with van der Waals surface area (Å²) in [4.78, 5) is 0. The van der Waals surface area contributed by atoms with Gasteiger partial charge in [-0.3, -0.25) is 0 Å². The van der Waals surface area contributed by atoms with Crippen molar-refractivity contribution < 1.29 is 13.2 Å². The Balaban J connectivity index is 2.26. The molecule has 0 spiro atoms. The van der Waals surface area contributed by atoms with Crippen molar-refractivity contribution in [3.8, 4) is 0 Å². The van der Waals surface area contributed by atoms with Gasteiger partial charge in [-0.1, -0.05) is 43.5 Å². The quantitative estimate of drug-likeness (QED) is 0.571. The van der Waals surface area contributed by atoms with Crippen molar-refractivity contribution in [2.24, 2.45) is 0 Å². The summed E-state index contributed by atoms with van der Waals surface area (Å²) < 4.78 is 40.2. The molecule has 0 radical (unpaired) electrons. The minimum absolute atomic E-state index is 0.0155. The van der Waals surface area contributed by atoms with Gasteiger partial charge in [0.2, 0.25) is 0 Å². The number of nitrogens with one attached hydrogen (secondary N) is 1. The summed E-state index contributed by atoms with van der Waals surface area (Å²) in [6.45, 7) is 0.197. The Labute approximate surface area is 141 Å². The van der Waals surface area contributed by atoms with Crippen LogP contribution in [0, 0.1) is 0 Å². The summed E-state index contributed by atoms with van der Waals surface area (Å²) in [6, 6.07) is 9.21. The summed E-state index contributed by atoms with van der Waals surface area (Å²) in [5, 5.41) is 3.28. The normalized spacial score (nSPS) is 11.5. The minimum atomic E-state index is -4.42. The van der Waals surface area contributed by atoms with Crippen LogP contribution in [0.25, 0.3) is 0 Å². The molecule has 0 aromatic heterocycles. The zero-order valence-electron chi connectivity index (χ0n) is 10.4. The first-order chi connectivity index (χ1) is 9.77. The molecule has 21 heavy (non-hydrogen) atoms. The van der Waals surface area contributed by atoms with E-state index in [1.807, 2.05) is 0 Å². The molecule has 0 saturated carbocycles. The summed E-state index contributed by atoms with van der Waals surface area (Å²) in [5.41, 5.74) is 0.00632. The van der Waals surface area contributed by atoms with Gasteiger partial charge in [-0.25, -0.2) is 0 Å². The van der Waals surface area contributed by atoms with Gasteiger partial charge in [-0.15, -0.1) is 0 Å². The van der Waals surface area contributed by atoms with Gasteiger partial charge in [-0.05, 0) is 42.0 Å². The topological polar surface area (TPSA) is 12.0 Å². The van der Waals surface area contributed by atoms with Crippen molar-refractivity contribution in [2.45, 2.75) is 12.7 Å². The van der Waals surface area contributed by atoms with E-state index in [9.17, 15) is 13.2 Å². The zero-order valence-corrected chi connectivity index (χ0v) is 14.4. The number of benzene rings is 2. The fourth-order valence-corrected chi connectivity index (χ4v) is 2.73. The Bertz CT molecular complexity index is 659. The largest absolute Gasteiger partial charge is 0.418 e. The van der Waals surface area contributed by atoms with Crippen molar-refractivity contribution in [1.82, 2.24) is 0 Å². The minimum Gasteiger partial charge on any atom is -0.380 e. The first kappa shape index (κ1) is 16.6. The van der Waals surface area contributed by atoms with E-state index in [4.69, 9.17) is 11.6 Å². The van der Waals surface area contributed by atoms with Gasteiger partial charge in [0.15, 0.2) is 0 Å². The van der Waals surface area contributed by atoms with E-state index < -0.39 is 11.7 Å². The van der Waals surface area contributed by atoms with E-state index in [2.05, 4.69) is 37.2 Å². The summed E-state index contributed by atoms with van der Waals surface area (Å²) in [6.07, 6.45) is -4.42. The maximum absolute atomic E-state index is 13.0. The van der Waals surface area contributed by atoms with Gasteiger partial charge in [0.05, 0.1) is 5.56 Å². The molecule has 0 bridgehead atoms. The van der Waals surface area contributed by atoms with Gasteiger partial charge in [0.1, 0.15) is 0 Å². The fraction of sp³-hybridized carbons (Fsp3) is 0.143. The van der Waals surface area contributed by atoms with Gasteiger partial charge in [0, 0.05) is 26.2 Å². The highest BCUT2D eigenvalue weighted by Gasteiger charge is 2.33. The lowest BCUT2D eigenvalue weighted by Crippen LogP contribution is -2.11. The molecule has 0 heterocycles. The molecule has 2 aromatic carbocycles. The third-order valence-electron chi connectivity index (χ3n) is 2.76. The molecule has 112 valence electrons. The molecule has 1 nitrogen and oxygen atoms in total. The van der Waals surface area contributed by atoms with E-state index in [-0.39, 0.29) is 12.2 Å². The predicted molar refractivity (Wildman–Crippen MR) is 85.6 cm³/mol. The van der Waals surface area contributed by atoms with E-state index in [0.29, 0.717) is 15.1 Å². The molecular formula is C14H9Br2ClF3N. The second kappa shape index (κ2) is 6.58. The monoisotopic (exact) mass is 441 g/mol. The van der Waals surface area contributed by atoms with Crippen molar-refractivity contribution in [3.63, 3.8) is 0 Å². The number of hydrogen-bond acceptors (Lipinski definition) is 1. The Morgan fingerprint density at radius 3 is 2.29 bits per heavy atom. The molecule has 0 saturated heterocycles. The first-order valence-corrected chi connectivity index (χ1v) is 7.78. The molecule has 0 aliphatic carbocycles. The van der Waals surface area contributed by atoms with Crippen LogP contribution < -0.4 is 5.32 Å². The Morgan fingerprint density at radius 2 is 1.62 bits per heavy atom. The Morgan fingerprint density at radius 1 is 1.00 bits per heavy atom. The van der Waals surface area contributed by atoms with Crippen molar-refractivity contribution in [3.05, 3.63) is 61.5 Å². The second-order valence-electron chi connectivity index (χ2n) is 4.28. The molecule has 0 aliphatic heterocycles. The van der Waals surface area contributed by atoms with Crippen LogP contribution in [0.1, 0.15) is 11.1 Å².